The number of hydrogen-bond acceptors (Lipinski definition) is 3. The lowest BCUT2D eigenvalue weighted by atomic mass is 10.2. The standard InChI is InChI=1S/C11H16BrNO3/c1-8(2)13(6-5-11(14)15)7-9-3-4-10(12)16-9/h3-4,8H,5-7H2,1-2H3,(H,14,15). The molecular weight excluding hydrogens is 274 g/mol. The number of carboxylic acid groups (broad SMARTS) is 1. The Morgan fingerprint density at radius 2 is 2.25 bits per heavy atom. The van der Waals surface area contributed by atoms with E-state index in [1.54, 1.807) is 0 Å². The Labute approximate surface area is 103 Å². The zero-order chi connectivity index (χ0) is 12.1. The van der Waals surface area contributed by atoms with Crippen molar-refractivity contribution in [2.75, 3.05) is 6.54 Å². The summed E-state index contributed by atoms with van der Waals surface area (Å²) in [6, 6.07) is 4.02. The summed E-state index contributed by atoms with van der Waals surface area (Å²) in [7, 11) is 0. The predicted octanol–water partition coefficient (Wildman–Crippen LogP) is 2.73. The van der Waals surface area contributed by atoms with E-state index >= 15 is 0 Å². The minimum Gasteiger partial charge on any atom is -0.481 e. The maximum Gasteiger partial charge on any atom is 0.304 e. The average Bonchev–Trinajstić information content (AvgIpc) is 2.57. The second-order valence-corrected chi connectivity index (χ2v) is 4.70. The molecule has 0 aliphatic rings. The summed E-state index contributed by atoms with van der Waals surface area (Å²) in [5.74, 6) is 0.0669. The van der Waals surface area contributed by atoms with Crippen LogP contribution in [0.3, 0.4) is 0 Å². The molecule has 16 heavy (non-hydrogen) atoms. The number of hydrogen-bond donors (Lipinski definition) is 1. The van der Waals surface area contributed by atoms with Gasteiger partial charge in [0.2, 0.25) is 0 Å². The Kier molecular flexibility index (Phi) is 5.02. The fourth-order valence-corrected chi connectivity index (χ4v) is 1.74. The lowest BCUT2D eigenvalue weighted by Gasteiger charge is -2.24. The van der Waals surface area contributed by atoms with E-state index in [0.29, 0.717) is 23.8 Å². The summed E-state index contributed by atoms with van der Waals surface area (Å²) in [6.07, 6.45) is 0.153. The van der Waals surface area contributed by atoms with Gasteiger partial charge in [0.05, 0.1) is 13.0 Å². The number of halogens is 1. The van der Waals surface area contributed by atoms with Crippen molar-refractivity contribution in [3.8, 4) is 0 Å². The third kappa shape index (κ3) is 4.37. The highest BCUT2D eigenvalue weighted by Gasteiger charge is 2.13. The van der Waals surface area contributed by atoms with Crippen molar-refractivity contribution in [2.24, 2.45) is 0 Å². The zero-order valence-corrected chi connectivity index (χ0v) is 11.0. The topological polar surface area (TPSA) is 53.7 Å². The van der Waals surface area contributed by atoms with Gasteiger partial charge in [0, 0.05) is 12.6 Å². The molecule has 0 aromatic carbocycles. The Hall–Kier alpha value is -0.810. The molecule has 0 amide bonds. The molecule has 0 saturated carbocycles. The third-order valence-corrected chi connectivity index (χ3v) is 2.76. The predicted molar refractivity (Wildman–Crippen MR) is 64.2 cm³/mol. The van der Waals surface area contributed by atoms with Gasteiger partial charge in [-0.2, -0.15) is 0 Å². The Balaban J connectivity index is 2.54. The van der Waals surface area contributed by atoms with Gasteiger partial charge in [0.15, 0.2) is 4.67 Å². The van der Waals surface area contributed by atoms with Gasteiger partial charge in [-0.15, -0.1) is 0 Å². The Morgan fingerprint density at radius 1 is 1.56 bits per heavy atom. The summed E-state index contributed by atoms with van der Waals surface area (Å²) in [4.78, 5) is 12.6. The van der Waals surface area contributed by atoms with Gasteiger partial charge in [0.25, 0.3) is 0 Å². The van der Waals surface area contributed by atoms with Crippen LogP contribution in [0.25, 0.3) is 0 Å². The minimum atomic E-state index is -0.772. The van der Waals surface area contributed by atoms with Crippen LogP contribution in [-0.4, -0.2) is 28.6 Å². The Morgan fingerprint density at radius 3 is 2.69 bits per heavy atom. The normalized spacial score (nSPS) is 11.3. The van der Waals surface area contributed by atoms with Crippen LogP contribution in [-0.2, 0) is 11.3 Å². The van der Waals surface area contributed by atoms with Crippen molar-refractivity contribution >= 4 is 21.9 Å². The van der Waals surface area contributed by atoms with Crippen molar-refractivity contribution in [3.05, 3.63) is 22.6 Å². The quantitative estimate of drug-likeness (QED) is 0.875. The minimum absolute atomic E-state index is 0.153. The van der Waals surface area contributed by atoms with Gasteiger partial charge in [-0.05, 0) is 41.9 Å². The first kappa shape index (κ1) is 13.3. The van der Waals surface area contributed by atoms with Crippen LogP contribution in [0.1, 0.15) is 26.0 Å². The van der Waals surface area contributed by atoms with E-state index in [2.05, 4.69) is 20.8 Å². The van der Waals surface area contributed by atoms with Gasteiger partial charge >= 0.3 is 5.97 Å². The molecule has 5 heteroatoms. The number of rotatable bonds is 6. The van der Waals surface area contributed by atoms with Gasteiger partial charge in [-0.25, -0.2) is 0 Å². The van der Waals surface area contributed by atoms with E-state index in [1.165, 1.54) is 0 Å². The second kappa shape index (κ2) is 6.06. The summed E-state index contributed by atoms with van der Waals surface area (Å²) in [5, 5.41) is 8.66. The van der Waals surface area contributed by atoms with Crippen molar-refractivity contribution in [3.63, 3.8) is 0 Å². The number of furan rings is 1. The smallest absolute Gasteiger partial charge is 0.304 e. The lowest BCUT2D eigenvalue weighted by molar-refractivity contribution is -0.137. The summed E-state index contributed by atoms with van der Waals surface area (Å²) < 4.78 is 6.10. The highest BCUT2D eigenvalue weighted by molar-refractivity contribution is 9.10. The highest BCUT2D eigenvalue weighted by Crippen LogP contribution is 2.16. The maximum atomic E-state index is 10.5. The van der Waals surface area contributed by atoms with E-state index in [-0.39, 0.29) is 6.42 Å². The van der Waals surface area contributed by atoms with E-state index in [4.69, 9.17) is 9.52 Å². The largest absolute Gasteiger partial charge is 0.481 e. The summed E-state index contributed by atoms with van der Waals surface area (Å²) in [6.45, 7) is 5.25. The number of carbonyl (C=O) groups is 1. The first-order chi connectivity index (χ1) is 7.49. The fourth-order valence-electron chi connectivity index (χ4n) is 1.40. The van der Waals surface area contributed by atoms with Crippen LogP contribution in [0.2, 0.25) is 0 Å². The van der Waals surface area contributed by atoms with Crippen molar-refractivity contribution in [1.29, 1.82) is 0 Å². The Bertz CT molecular complexity index is 349. The number of nitrogens with zero attached hydrogens (tertiary/aromatic N) is 1. The molecule has 0 aliphatic heterocycles. The monoisotopic (exact) mass is 289 g/mol. The van der Waals surface area contributed by atoms with Gasteiger partial charge in [-0.1, -0.05) is 0 Å². The van der Waals surface area contributed by atoms with Crippen molar-refractivity contribution in [1.82, 2.24) is 4.90 Å². The molecule has 4 nitrogen and oxygen atoms in total. The fraction of sp³-hybridized carbons (Fsp3) is 0.545. The maximum absolute atomic E-state index is 10.5. The molecule has 0 radical (unpaired) electrons. The third-order valence-electron chi connectivity index (χ3n) is 2.33. The lowest BCUT2D eigenvalue weighted by Crippen LogP contribution is -2.32. The summed E-state index contributed by atoms with van der Waals surface area (Å²) in [5.41, 5.74) is 0. The number of aliphatic carboxylic acids is 1. The molecule has 0 aliphatic carbocycles. The van der Waals surface area contributed by atoms with Crippen LogP contribution >= 0.6 is 15.9 Å². The van der Waals surface area contributed by atoms with Crippen molar-refractivity contribution in [2.45, 2.75) is 32.9 Å². The van der Waals surface area contributed by atoms with E-state index in [9.17, 15) is 4.79 Å². The van der Waals surface area contributed by atoms with Crippen LogP contribution in [0.5, 0.6) is 0 Å². The summed E-state index contributed by atoms with van der Waals surface area (Å²) >= 11 is 3.24. The molecule has 1 rings (SSSR count). The molecule has 1 heterocycles. The van der Waals surface area contributed by atoms with Crippen LogP contribution < -0.4 is 0 Å². The molecule has 1 aromatic rings. The molecule has 0 unspecified atom stereocenters. The van der Waals surface area contributed by atoms with Crippen LogP contribution in [0.4, 0.5) is 0 Å². The van der Waals surface area contributed by atoms with Crippen LogP contribution in [0, 0.1) is 0 Å². The molecule has 0 bridgehead atoms. The molecule has 1 aromatic heterocycles. The molecule has 1 N–H and O–H groups in total. The van der Waals surface area contributed by atoms with E-state index in [0.717, 1.165) is 5.76 Å². The average molecular weight is 290 g/mol. The van der Waals surface area contributed by atoms with E-state index < -0.39 is 5.97 Å². The van der Waals surface area contributed by atoms with Crippen LogP contribution in [0.15, 0.2) is 21.2 Å². The van der Waals surface area contributed by atoms with Gasteiger partial charge < -0.3 is 9.52 Å². The highest BCUT2D eigenvalue weighted by atomic mass is 79.9. The van der Waals surface area contributed by atoms with Gasteiger partial charge in [-0.3, -0.25) is 9.69 Å². The first-order valence-corrected chi connectivity index (χ1v) is 5.98. The molecule has 0 fully saturated rings. The molecule has 0 spiro atoms. The van der Waals surface area contributed by atoms with Gasteiger partial charge in [0.1, 0.15) is 5.76 Å². The molecule has 0 atom stereocenters. The molecule has 90 valence electrons. The molecule has 0 saturated heterocycles. The molecular formula is C11H16BrNO3. The first-order valence-electron chi connectivity index (χ1n) is 5.19. The zero-order valence-electron chi connectivity index (χ0n) is 9.44. The number of carboxylic acids is 1. The van der Waals surface area contributed by atoms with E-state index in [1.807, 2.05) is 26.0 Å². The van der Waals surface area contributed by atoms with Crippen molar-refractivity contribution < 1.29 is 14.3 Å². The second-order valence-electron chi connectivity index (χ2n) is 3.91. The SMILES string of the molecule is CC(C)N(CCC(=O)O)Cc1ccc(Br)o1.